The number of benzene rings is 2. The topological polar surface area (TPSA) is 66.5 Å². The second-order valence-corrected chi connectivity index (χ2v) is 5.84. The van der Waals surface area contributed by atoms with E-state index in [0.29, 0.717) is 17.5 Å². The minimum atomic E-state index is -0.378. The van der Waals surface area contributed by atoms with Crippen molar-refractivity contribution in [3.63, 3.8) is 0 Å². The van der Waals surface area contributed by atoms with Crippen LogP contribution in [0.5, 0.6) is 0 Å². The van der Waals surface area contributed by atoms with Crippen molar-refractivity contribution in [1.29, 1.82) is 0 Å². The van der Waals surface area contributed by atoms with Crippen LogP contribution in [-0.4, -0.2) is 36.6 Å². The van der Waals surface area contributed by atoms with Crippen LogP contribution in [0.25, 0.3) is 0 Å². The van der Waals surface area contributed by atoms with E-state index in [1.807, 2.05) is 6.07 Å². The van der Waals surface area contributed by atoms with E-state index in [0.717, 1.165) is 4.47 Å². The molecule has 0 aliphatic rings. The average Bonchev–Trinajstić information content (AvgIpc) is 2.53. The first-order valence-electron chi connectivity index (χ1n) is 6.86. The van der Waals surface area contributed by atoms with Crippen LogP contribution in [0.3, 0.4) is 0 Å². The number of halogens is 1. The summed E-state index contributed by atoms with van der Waals surface area (Å²) in [5, 5.41) is 2.72. The van der Waals surface area contributed by atoms with Crippen LogP contribution in [0.1, 0.15) is 20.7 Å². The lowest BCUT2D eigenvalue weighted by molar-refractivity contribution is -0.116. The Morgan fingerprint density at radius 2 is 1.91 bits per heavy atom. The van der Waals surface area contributed by atoms with Gasteiger partial charge >= 0.3 is 0 Å². The molecule has 0 heterocycles. The number of hydrogen-bond donors (Lipinski definition) is 1. The quantitative estimate of drug-likeness (QED) is 0.818. The van der Waals surface area contributed by atoms with E-state index in [4.69, 9.17) is 0 Å². The summed E-state index contributed by atoms with van der Waals surface area (Å²) in [6.45, 7) is -0.113. The fourth-order valence-electron chi connectivity index (χ4n) is 2.05. The zero-order valence-electron chi connectivity index (χ0n) is 12.5. The number of carbonyl (C=O) groups is 3. The van der Waals surface area contributed by atoms with Crippen molar-refractivity contribution in [2.75, 3.05) is 18.9 Å². The standard InChI is InChI=1S/C17H15BrN2O3/c1-20(17(23)15-8-3-2-5-12(15)11-21)10-16(22)19-14-7-4-6-13(18)9-14/h2-9,11H,10H2,1H3,(H,19,22). The molecule has 0 bridgehead atoms. The third-order valence-corrected chi connectivity index (χ3v) is 3.65. The number of likely N-dealkylation sites (N-methyl/N-ethyl adjacent to an activating group) is 1. The summed E-state index contributed by atoms with van der Waals surface area (Å²) in [5.41, 5.74) is 1.22. The minimum absolute atomic E-state index is 0.113. The van der Waals surface area contributed by atoms with Crippen molar-refractivity contribution in [3.8, 4) is 0 Å². The van der Waals surface area contributed by atoms with E-state index in [1.54, 1.807) is 42.5 Å². The Morgan fingerprint density at radius 3 is 2.61 bits per heavy atom. The molecule has 0 saturated heterocycles. The maximum absolute atomic E-state index is 12.3. The first-order chi connectivity index (χ1) is 11.0. The van der Waals surface area contributed by atoms with E-state index in [2.05, 4.69) is 21.2 Å². The van der Waals surface area contributed by atoms with Crippen LogP contribution in [0, 0.1) is 0 Å². The summed E-state index contributed by atoms with van der Waals surface area (Å²) in [4.78, 5) is 36.6. The highest BCUT2D eigenvalue weighted by atomic mass is 79.9. The van der Waals surface area contributed by atoms with Gasteiger partial charge in [-0.25, -0.2) is 0 Å². The number of hydrogen-bond acceptors (Lipinski definition) is 3. The van der Waals surface area contributed by atoms with Gasteiger partial charge in [-0.2, -0.15) is 0 Å². The van der Waals surface area contributed by atoms with Gasteiger partial charge in [-0.3, -0.25) is 14.4 Å². The molecule has 1 N–H and O–H groups in total. The van der Waals surface area contributed by atoms with Crippen LogP contribution in [0.2, 0.25) is 0 Å². The largest absolute Gasteiger partial charge is 0.332 e. The molecule has 0 atom stereocenters. The Hall–Kier alpha value is -2.47. The van der Waals surface area contributed by atoms with Gasteiger partial charge in [-0.1, -0.05) is 40.2 Å². The van der Waals surface area contributed by atoms with Crippen molar-refractivity contribution in [2.45, 2.75) is 0 Å². The van der Waals surface area contributed by atoms with Crippen LogP contribution >= 0.6 is 15.9 Å². The van der Waals surface area contributed by atoms with Crippen LogP contribution in [0.15, 0.2) is 53.0 Å². The number of nitrogens with one attached hydrogen (secondary N) is 1. The number of aldehydes is 1. The fourth-order valence-corrected chi connectivity index (χ4v) is 2.45. The summed E-state index contributed by atoms with van der Waals surface area (Å²) in [6, 6.07) is 13.7. The Labute approximate surface area is 142 Å². The normalized spacial score (nSPS) is 10.0. The summed E-state index contributed by atoms with van der Waals surface area (Å²) in [7, 11) is 1.52. The third-order valence-electron chi connectivity index (χ3n) is 3.15. The molecule has 5 nitrogen and oxygen atoms in total. The SMILES string of the molecule is CN(CC(=O)Nc1cccc(Br)c1)C(=O)c1ccccc1C=O. The van der Waals surface area contributed by atoms with Crippen molar-refractivity contribution >= 4 is 39.7 Å². The van der Waals surface area contributed by atoms with Gasteiger partial charge in [0.25, 0.3) is 5.91 Å². The van der Waals surface area contributed by atoms with Gasteiger partial charge in [-0.15, -0.1) is 0 Å². The molecule has 2 aromatic carbocycles. The van der Waals surface area contributed by atoms with E-state index in [1.165, 1.54) is 11.9 Å². The van der Waals surface area contributed by atoms with Gasteiger partial charge in [0.2, 0.25) is 5.91 Å². The molecule has 0 spiro atoms. The summed E-state index contributed by atoms with van der Waals surface area (Å²) >= 11 is 3.32. The number of carbonyl (C=O) groups excluding carboxylic acids is 3. The monoisotopic (exact) mass is 374 g/mol. The molecule has 0 saturated carbocycles. The maximum Gasteiger partial charge on any atom is 0.254 e. The van der Waals surface area contributed by atoms with Crippen LogP contribution in [-0.2, 0) is 4.79 Å². The number of amides is 2. The number of rotatable bonds is 5. The van der Waals surface area contributed by atoms with E-state index >= 15 is 0 Å². The molecule has 0 aliphatic heterocycles. The molecular formula is C17H15BrN2O3. The molecule has 2 amide bonds. The van der Waals surface area contributed by atoms with Crippen molar-refractivity contribution in [1.82, 2.24) is 4.90 Å². The Balaban J connectivity index is 2.03. The van der Waals surface area contributed by atoms with Crippen molar-refractivity contribution in [2.24, 2.45) is 0 Å². The predicted molar refractivity (Wildman–Crippen MR) is 91.6 cm³/mol. The lowest BCUT2D eigenvalue weighted by atomic mass is 10.1. The molecule has 0 aromatic heterocycles. The molecule has 2 aromatic rings. The van der Waals surface area contributed by atoms with Crippen LogP contribution in [0.4, 0.5) is 5.69 Å². The zero-order chi connectivity index (χ0) is 16.8. The highest BCUT2D eigenvalue weighted by molar-refractivity contribution is 9.10. The highest BCUT2D eigenvalue weighted by Crippen LogP contribution is 2.15. The van der Waals surface area contributed by atoms with Crippen molar-refractivity contribution in [3.05, 3.63) is 64.1 Å². The molecule has 0 radical (unpaired) electrons. The Bertz CT molecular complexity index is 746. The summed E-state index contributed by atoms with van der Waals surface area (Å²) < 4.78 is 0.847. The lowest BCUT2D eigenvalue weighted by Crippen LogP contribution is -2.35. The molecule has 0 fully saturated rings. The number of nitrogens with zero attached hydrogens (tertiary/aromatic N) is 1. The minimum Gasteiger partial charge on any atom is -0.332 e. The molecule has 6 heteroatoms. The first-order valence-corrected chi connectivity index (χ1v) is 7.65. The number of anilines is 1. The van der Waals surface area contributed by atoms with E-state index in [-0.39, 0.29) is 23.9 Å². The van der Waals surface area contributed by atoms with E-state index < -0.39 is 0 Å². The fraction of sp³-hybridized carbons (Fsp3) is 0.118. The second-order valence-electron chi connectivity index (χ2n) is 4.92. The average molecular weight is 375 g/mol. The van der Waals surface area contributed by atoms with Gasteiger partial charge in [0.15, 0.2) is 6.29 Å². The van der Waals surface area contributed by atoms with Gasteiger partial charge < -0.3 is 10.2 Å². The molecular weight excluding hydrogens is 360 g/mol. The molecule has 0 aliphatic carbocycles. The summed E-state index contributed by atoms with van der Waals surface area (Å²) in [5.74, 6) is -0.695. The predicted octanol–water partition coefficient (Wildman–Crippen LogP) is 2.97. The highest BCUT2D eigenvalue weighted by Gasteiger charge is 2.17. The third kappa shape index (κ3) is 4.50. The molecule has 0 unspecified atom stereocenters. The first kappa shape index (κ1) is 16.9. The van der Waals surface area contributed by atoms with Gasteiger partial charge in [0, 0.05) is 22.8 Å². The van der Waals surface area contributed by atoms with Gasteiger partial charge in [-0.05, 0) is 24.3 Å². The van der Waals surface area contributed by atoms with E-state index in [9.17, 15) is 14.4 Å². The summed E-state index contributed by atoms with van der Waals surface area (Å²) in [6.07, 6.45) is 0.628. The maximum atomic E-state index is 12.3. The Kier molecular flexibility index (Phi) is 5.65. The van der Waals surface area contributed by atoms with Gasteiger partial charge in [0.1, 0.15) is 0 Å². The lowest BCUT2D eigenvalue weighted by Gasteiger charge is -2.17. The van der Waals surface area contributed by atoms with Gasteiger partial charge in [0.05, 0.1) is 12.1 Å². The second kappa shape index (κ2) is 7.69. The molecule has 118 valence electrons. The smallest absolute Gasteiger partial charge is 0.254 e. The molecule has 23 heavy (non-hydrogen) atoms. The zero-order valence-corrected chi connectivity index (χ0v) is 14.0. The molecule has 2 rings (SSSR count). The van der Waals surface area contributed by atoms with Crippen molar-refractivity contribution < 1.29 is 14.4 Å². The Morgan fingerprint density at radius 1 is 1.17 bits per heavy atom. The van der Waals surface area contributed by atoms with Crippen LogP contribution < -0.4 is 5.32 Å².